The van der Waals surface area contributed by atoms with Crippen molar-refractivity contribution >= 4 is 17.5 Å². The van der Waals surface area contributed by atoms with Gasteiger partial charge in [0.25, 0.3) is 11.8 Å². The highest BCUT2D eigenvalue weighted by molar-refractivity contribution is 5.99. The van der Waals surface area contributed by atoms with Gasteiger partial charge in [-0.3, -0.25) is 9.59 Å². The van der Waals surface area contributed by atoms with E-state index in [2.05, 4.69) is 10.6 Å². The Morgan fingerprint density at radius 2 is 2.15 bits per heavy atom. The van der Waals surface area contributed by atoms with Crippen molar-refractivity contribution in [2.45, 2.75) is 57.6 Å². The molecule has 140 valence electrons. The first-order valence-corrected chi connectivity index (χ1v) is 9.61. The van der Waals surface area contributed by atoms with Gasteiger partial charge in [0.1, 0.15) is 5.75 Å². The van der Waals surface area contributed by atoms with E-state index in [9.17, 15) is 9.59 Å². The molecule has 2 N–H and O–H groups in total. The third-order valence-corrected chi connectivity index (χ3v) is 6.12. The molecule has 26 heavy (non-hydrogen) atoms. The van der Waals surface area contributed by atoms with Crippen molar-refractivity contribution in [3.8, 4) is 5.75 Å². The fraction of sp³-hybridized carbons (Fsp3) is 0.600. The number of hydrogen-bond donors (Lipinski definition) is 2. The quantitative estimate of drug-likeness (QED) is 0.868. The van der Waals surface area contributed by atoms with Crippen LogP contribution in [0, 0.1) is 5.41 Å². The molecule has 0 unspecified atom stereocenters. The first-order chi connectivity index (χ1) is 12.6. The molecule has 2 amide bonds. The lowest BCUT2D eigenvalue weighted by atomic mass is 9.55. The fourth-order valence-electron chi connectivity index (χ4n) is 4.72. The zero-order valence-corrected chi connectivity index (χ0v) is 15.2. The lowest BCUT2D eigenvalue weighted by Crippen LogP contribution is -2.65. The van der Waals surface area contributed by atoms with Crippen molar-refractivity contribution in [2.24, 2.45) is 5.41 Å². The molecule has 2 fully saturated rings. The summed E-state index contributed by atoms with van der Waals surface area (Å²) in [5.74, 6) is 0.286. The van der Waals surface area contributed by atoms with Crippen LogP contribution in [0.2, 0.25) is 0 Å². The van der Waals surface area contributed by atoms with Gasteiger partial charge in [0, 0.05) is 23.6 Å². The number of rotatable bonds is 4. The van der Waals surface area contributed by atoms with E-state index in [-0.39, 0.29) is 36.0 Å². The number of carbonyl (C=O) groups is 2. The van der Waals surface area contributed by atoms with E-state index in [0.717, 1.165) is 25.9 Å². The highest BCUT2D eigenvalue weighted by Crippen LogP contribution is 2.53. The zero-order chi connectivity index (χ0) is 18.1. The maximum Gasteiger partial charge on any atom is 0.262 e. The summed E-state index contributed by atoms with van der Waals surface area (Å²) in [4.78, 5) is 24.2. The molecule has 6 nitrogen and oxygen atoms in total. The van der Waals surface area contributed by atoms with Crippen molar-refractivity contribution in [1.82, 2.24) is 5.32 Å². The van der Waals surface area contributed by atoms with E-state index in [1.165, 1.54) is 19.3 Å². The minimum atomic E-state index is -0.176. The molecule has 0 aromatic heterocycles. The van der Waals surface area contributed by atoms with Gasteiger partial charge in [0.15, 0.2) is 6.61 Å². The Labute approximate surface area is 153 Å². The van der Waals surface area contributed by atoms with Crippen LogP contribution in [0.1, 0.15) is 55.8 Å². The van der Waals surface area contributed by atoms with Crippen LogP contribution in [0.3, 0.4) is 0 Å². The Morgan fingerprint density at radius 3 is 2.92 bits per heavy atom. The molecule has 1 aliphatic heterocycles. The maximum atomic E-state index is 12.8. The van der Waals surface area contributed by atoms with E-state index in [1.54, 1.807) is 18.2 Å². The normalized spacial score (nSPS) is 26.3. The van der Waals surface area contributed by atoms with Gasteiger partial charge >= 0.3 is 0 Å². The molecular formula is C20H26N2O4. The Bertz CT molecular complexity index is 712. The minimum Gasteiger partial charge on any atom is -0.482 e. The Kier molecular flexibility index (Phi) is 4.61. The molecule has 1 heterocycles. The third-order valence-electron chi connectivity index (χ3n) is 6.12. The van der Waals surface area contributed by atoms with Crippen LogP contribution in [-0.4, -0.2) is 37.2 Å². The molecular weight excluding hydrogens is 332 g/mol. The van der Waals surface area contributed by atoms with Crippen LogP contribution in [0.25, 0.3) is 0 Å². The van der Waals surface area contributed by atoms with Crippen LogP contribution in [-0.2, 0) is 9.53 Å². The summed E-state index contributed by atoms with van der Waals surface area (Å²) >= 11 is 0. The van der Waals surface area contributed by atoms with Crippen molar-refractivity contribution in [1.29, 1.82) is 0 Å². The minimum absolute atomic E-state index is 0.0140. The monoisotopic (exact) mass is 358 g/mol. The topological polar surface area (TPSA) is 76.7 Å². The van der Waals surface area contributed by atoms with Crippen molar-refractivity contribution in [2.75, 3.05) is 18.5 Å². The van der Waals surface area contributed by atoms with Gasteiger partial charge < -0.3 is 20.1 Å². The van der Waals surface area contributed by atoms with Gasteiger partial charge in [0.05, 0.1) is 11.8 Å². The fourth-order valence-corrected chi connectivity index (χ4v) is 4.72. The molecule has 2 atom stereocenters. The summed E-state index contributed by atoms with van der Waals surface area (Å²) in [6, 6.07) is 5.33. The molecule has 1 spiro atoms. The summed E-state index contributed by atoms with van der Waals surface area (Å²) in [7, 11) is 0. The predicted molar refractivity (Wildman–Crippen MR) is 97.4 cm³/mol. The van der Waals surface area contributed by atoms with E-state index in [1.807, 2.05) is 6.92 Å². The third kappa shape index (κ3) is 2.96. The average molecular weight is 358 g/mol. The number of amides is 2. The largest absolute Gasteiger partial charge is 0.482 e. The summed E-state index contributed by atoms with van der Waals surface area (Å²) < 4.78 is 11.4. The van der Waals surface area contributed by atoms with Crippen LogP contribution in [0.15, 0.2) is 18.2 Å². The molecule has 2 saturated carbocycles. The van der Waals surface area contributed by atoms with Crippen LogP contribution in [0.4, 0.5) is 5.69 Å². The van der Waals surface area contributed by atoms with Gasteiger partial charge in [-0.2, -0.15) is 0 Å². The highest BCUT2D eigenvalue weighted by Gasteiger charge is 2.56. The number of ether oxygens (including phenoxy) is 2. The second-order valence-electron chi connectivity index (χ2n) is 7.55. The maximum absolute atomic E-state index is 12.8. The summed E-state index contributed by atoms with van der Waals surface area (Å²) in [6.45, 7) is 2.75. The van der Waals surface area contributed by atoms with E-state index >= 15 is 0 Å². The number of fused-ring (bicyclic) bond motifs is 1. The summed E-state index contributed by atoms with van der Waals surface area (Å²) in [5.41, 5.74) is 1.27. The van der Waals surface area contributed by atoms with E-state index < -0.39 is 0 Å². The summed E-state index contributed by atoms with van der Waals surface area (Å²) in [6.07, 6.45) is 7.10. The smallest absolute Gasteiger partial charge is 0.262 e. The number of hydrogen-bond acceptors (Lipinski definition) is 4. The molecule has 0 saturated heterocycles. The van der Waals surface area contributed by atoms with Gasteiger partial charge in [0.2, 0.25) is 0 Å². The number of anilines is 1. The molecule has 4 rings (SSSR count). The van der Waals surface area contributed by atoms with Crippen LogP contribution in [0.5, 0.6) is 5.75 Å². The second-order valence-corrected chi connectivity index (χ2v) is 7.55. The molecule has 3 aliphatic rings. The molecule has 1 aromatic rings. The lowest BCUT2D eigenvalue weighted by molar-refractivity contribution is -0.146. The molecule has 1 aromatic carbocycles. The first-order valence-electron chi connectivity index (χ1n) is 9.61. The molecule has 0 bridgehead atoms. The Balaban J connectivity index is 1.47. The Morgan fingerprint density at radius 1 is 1.35 bits per heavy atom. The molecule has 0 radical (unpaired) electrons. The Hall–Kier alpha value is -2.08. The number of benzene rings is 1. The van der Waals surface area contributed by atoms with Gasteiger partial charge in [-0.25, -0.2) is 0 Å². The van der Waals surface area contributed by atoms with Crippen molar-refractivity contribution in [3.05, 3.63) is 23.8 Å². The first kappa shape index (κ1) is 17.3. The molecule has 6 heteroatoms. The lowest BCUT2D eigenvalue weighted by Gasteiger charge is -2.57. The number of nitrogens with one attached hydrogen (secondary N) is 2. The van der Waals surface area contributed by atoms with E-state index in [4.69, 9.17) is 9.47 Å². The highest BCUT2D eigenvalue weighted by atomic mass is 16.5. The zero-order valence-electron chi connectivity index (χ0n) is 15.2. The standard InChI is InChI=1S/C20H26N2O4/c1-2-25-17-11-16(20(17)8-4-3-5-9-20)22-19(24)13-6-7-14-15(10-13)26-12-18(23)21-14/h6-7,10,16-17H,2-5,8-9,11-12H2,1H3,(H,21,23)(H,22,24)/t16-,17+/m1/s1. The van der Waals surface area contributed by atoms with Crippen molar-refractivity contribution in [3.63, 3.8) is 0 Å². The molecule has 2 aliphatic carbocycles. The number of carbonyl (C=O) groups excluding carboxylic acids is 2. The average Bonchev–Trinajstić information content (AvgIpc) is 2.67. The van der Waals surface area contributed by atoms with Crippen LogP contribution < -0.4 is 15.4 Å². The second kappa shape index (κ2) is 6.91. The predicted octanol–water partition coefficient (Wildman–Crippen LogP) is 2.88. The van der Waals surface area contributed by atoms with Gasteiger partial charge in [-0.05, 0) is 44.4 Å². The van der Waals surface area contributed by atoms with Crippen LogP contribution >= 0.6 is 0 Å². The van der Waals surface area contributed by atoms with Crippen molar-refractivity contribution < 1.29 is 19.1 Å². The SMILES string of the molecule is CCO[C@H]1C[C@@H](NC(=O)c2ccc3c(c2)OCC(=O)N3)C12CCCCC2. The summed E-state index contributed by atoms with van der Waals surface area (Å²) in [5, 5.41) is 5.98. The van der Waals surface area contributed by atoms with Gasteiger partial charge in [-0.15, -0.1) is 0 Å². The van der Waals surface area contributed by atoms with Gasteiger partial charge in [-0.1, -0.05) is 19.3 Å². The van der Waals surface area contributed by atoms with E-state index in [0.29, 0.717) is 17.0 Å².